The summed E-state index contributed by atoms with van der Waals surface area (Å²) in [5.74, 6) is 1.21. The predicted molar refractivity (Wildman–Crippen MR) is 78.3 cm³/mol. The van der Waals surface area contributed by atoms with Crippen LogP contribution in [0.1, 0.15) is 31.5 Å². The van der Waals surface area contributed by atoms with Gasteiger partial charge in [0.1, 0.15) is 5.82 Å². The van der Waals surface area contributed by atoms with Crippen LogP contribution in [0, 0.1) is 0 Å². The van der Waals surface area contributed by atoms with E-state index in [0.717, 1.165) is 32.2 Å². The van der Waals surface area contributed by atoms with Crippen LogP contribution in [0.25, 0.3) is 0 Å². The zero-order valence-electron chi connectivity index (χ0n) is 12.2. The molecule has 0 bridgehead atoms. The number of aromatic nitrogens is 2. The van der Waals surface area contributed by atoms with Crippen molar-refractivity contribution in [2.24, 2.45) is 5.73 Å². The Morgan fingerprint density at radius 1 is 1.30 bits per heavy atom. The Morgan fingerprint density at radius 3 is 3.15 bits per heavy atom. The Hall–Kier alpha value is -0.910. The zero-order chi connectivity index (χ0) is 13.6. The average Bonchev–Trinajstić information content (AvgIpc) is 3.14. The zero-order valence-corrected chi connectivity index (χ0v) is 12.2. The summed E-state index contributed by atoms with van der Waals surface area (Å²) in [5.41, 5.74) is 6.47. The number of nitrogens with zero attached hydrogens (tertiary/aromatic N) is 4. The minimum atomic E-state index is 0.211. The molecule has 0 radical (unpaired) electrons. The van der Waals surface area contributed by atoms with Gasteiger partial charge >= 0.3 is 0 Å². The number of imidazole rings is 1. The van der Waals surface area contributed by atoms with Gasteiger partial charge < -0.3 is 15.2 Å². The van der Waals surface area contributed by atoms with Gasteiger partial charge in [0.25, 0.3) is 0 Å². The predicted octanol–water partition coefficient (Wildman–Crippen LogP) is 0.654. The van der Waals surface area contributed by atoms with Gasteiger partial charge in [-0.15, -0.1) is 0 Å². The maximum atomic E-state index is 6.26. The van der Waals surface area contributed by atoms with Crippen LogP contribution in [0.15, 0.2) is 12.4 Å². The molecule has 4 heterocycles. The highest BCUT2D eigenvalue weighted by Gasteiger charge is 2.45. The molecule has 1 aromatic heterocycles. The summed E-state index contributed by atoms with van der Waals surface area (Å²) in [5, 5.41) is 0. The Morgan fingerprint density at radius 2 is 2.25 bits per heavy atom. The van der Waals surface area contributed by atoms with Gasteiger partial charge in [-0.2, -0.15) is 0 Å². The average molecular weight is 275 g/mol. The van der Waals surface area contributed by atoms with E-state index in [1.165, 1.54) is 44.6 Å². The summed E-state index contributed by atoms with van der Waals surface area (Å²) < 4.78 is 2.28. The Kier molecular flexibility index (Phi) is 3.09. The summed E-state index contributed by atoms with van der Waals surface area (Å²) >= 11 is 0. The third kappa shape index (κ3) is 1.91. The van der Waals surface area contributed by atoms with Crippen molar-refractivity contribution < 1.29 is 0 Å². The minimum absolute atomic E-state index is 0.211. The lowest BCUT2D eigenvalue weighted by atomic mass is 9.81. The Balaban J connectivity index is 1.56. The molecule has 0 aromatic carbocycles. The fraction of sp³-hybridized carbons (Fsp3) is 0.800. The van der Waals surface area contributed by atoms with Gasteiger partial charge in [-0.1, -0.05) is 0 Å². The van der Waals surface area contributed by atoms with Crippen LogP contribution >= 0.6 is 0 Å². The molecule has 0 spiro atoms. The highest BCUT2D eigenvalue weighted by molar-refractivity contribution is 5.05. The van der Waals surface area contributed by atoms with E-state index >= 15 is 0 Å². The van der Waals surface area contributed by atoms with Gasteiger partial charge in [-0.25, -0.2) is 4.98 Å². The van der Waals surface area contributed by atoms with Crippen LogP contribution in [-0.4, -0.2) is 57.1 Å². The highest BCUT2D eigenvalue weighted by Crippen LogP contribution is 2.37. The largest absolute Gasteiger partial charge is 0.333 e. The normalized spacial score (nSPS) is 35.0. The third-order valence-electron chi connectivity index (χ3n) is 5.77. The molecular weight excluding hydrogens is 250 g/mol. The van der Waals surface area contributed by atoms with E-state index in [2.05, 4.69) is 25.5 Å². The van der Waals surface area contributed by atoms with E-state index in [1.54, 1.807) is 0 Å². The first kappa shape index (κ1) is 12.8. The van der Waals surface area contributed by atoms with E-state index in [0.29, 0.717) is 0 Å². The summed E-state index contributed by atoms with van der Waals surface area (Å²) in [4.78, 5) is 9.81. The SMILES string of the molecule is NCC1(N2CCn3ccnc3C2)CCN2CCCC2C1. The lowest BCUT2D eigenvalue weighted by Gasteiger charge is -2.51. The topological polar surface area (TPSA) is 50.3 Å². The number of rotatable bonds is 2. The lowest BCUT2D eigenvalue weighted by Crippen LogP contribution is -2.62. The fourth-order valence-corrected chi connectivity index (χ4v) is 4.49. The first-order chi connectivity index (χ1) is 9.81. The molecule has 110 valence electrons. The molecule has 1 aromatic rings. The van der Waals surface area contributed by atoms with Crippen LogP contribution in [-0.2, 0) is 13.1 Å². The van der Waals surface area contributed by atoms with Crippen LogP contribution in [0.4, 0.5) is 0 Å². The summed E-state index contributed by atoms with van der Waals surface area (Å²) in [6.45, 7) is 6.47. The van der Waals surface area contributed by atoms with Gasteiger partial charge in [0, 0.05) is 50.2 Å². The van der Waals surface area contributed by atoms with Crippen molar-refractivity contribution in [2.75, 3.05) is 26.2 Å². The van der Waals surface area contributed by atoms with Crippen molar-refractivity contribution in [2.45, 2.75) is 50.4 Å². The van der Waals surface area contributed by atoms with E-state index in [9.17, 15) is 0 Å². The molecule has 3 aliphatic heterocycles. The standard InChI is InChI=1S/C15H25N5/c16-12-15(3-6-18-5-1-2-13(18)10-15)20-9-8-19-7-4-17-14(19)11-20/h4,7,13H,1-3,5-6,8-12,16H2. The van der Waals surface area contributed by atoms with Gasteiger partial charge in [0.15, 0.2) is 0 Å². The number of hydrogen-bond donors (Lipinski definition) is 1. The van der Waals surface area contributed by atoms with Gasteiger partial charge in [0.05, 0.1) is 6.54 Å². The van der Waals surface area contributed by atoms with E-state index in [-0.39, 0.29) is 5.54 Å². The Bertz CT molecular complexity index is 484. The molecule has 2 unspecified atom stereocenters. The summed E-state index contributed by atoms with van der Waals surface area (Å²) in [6.07, 6.45) is 9.24. The van der Waals surface area contributed by atoms with Crippen molar-refractivity contribution in [1.29, 1.82) is 0 Å². The highest BCUT2D eigenvalue weighted by atomic mass is 15.3. The second-order valence-electron chi connectivity index (χ2n) is 6.67. The molecular formula is C15H25N5. The first-order valence-electron chi connectivity index (χ1n) is 8.00. The summed E-state index contributed by atoms with van der Waals surface area (Å²) in [7, 11) is 0. The number of fused-ring (bicyclic) bond motifs is 2. The van der Waals surface area contributed by atoms with E-state index in [4.69, 9.17) is 5.73 Å². The third-order valence-corrected chi connectivity index (χ3v) is 5.77. The molecule has 0 aliphatic carbocycles. The Labute approximate surface area is 120 Å². The molecule has 5 heteroatoms. The maximum Gasteiger partial charge on any atom is 0.122 e. The monoisotopic (exact) mass is 275 g/mol. The first-order valence-corrected chi connectivity index (χ1v) is 8.00. The van der Waals surface area contributed by atoms with Crippen molar-refractivity contribution in [3.8, 4) is 0 Å². The lowest BCUT2D eigenvalue weighted by molar-refractivity contribution is -0.00664. The van der Waals surface area contributed by atoms with Crippen LogP contribution in [0.2, 0.25) is 0 Å². The van der Waals surface area contributed by atoms with Gasteiger partial charge in [-0.05, 0) is 32.2 Å². The van der Waals surface area contributed by atoms with Gasteiger partial charge in [0.2, 0.25) is 0 Å². The van der Waals surface area contributed by atoms with Crippen LogP contribution in [0.5, 0.6) is 0 Å². The van der Waals surface area contributed by atoms with Crippen LogP contribution in [0.3, 0.4) is 0 Å². The molecule has 20 heavy (non-hydrogen) atoms. The van der Waals surface area contributed by atoms with Crippen molar-refractivity contribution in [3.05, 3.63) is 18.2 Å². The molecule has 4 rings (SSSR count). The second-order valence-corrected chi connectivity index (χ2v) is 6.67. The number of nitrogens with two attached hydrogens (primary N) is 1. The van der Waals surface area contributed by atoms with Gasteiger partial charge in [-0.3, -0.25) is 4.90 Å². The minimum Gasteiger partial charge on any atom is -0.333 e. The number of piperidine rings is 1. The van der Waals surface area contributed by atoms with Crippen molar-refractivity contribution >= 4 is 0 Å². The molecule has 2 fully saturated rings. The molecule has 5 nitrogen and oxygen atoms in total. The smallest absolute Gasteiger partial charge is 0.122 e. The molecule has 0 amide bonds. The van der Waals surface area contributed by atoms with E-state index in [1.807, 2.05) is 6.20 Å². The van der Waals surface area contributed by atoms with E-state index < -0.39 is 0 Å². The number of hydrogen-bond acceptors (Lipinski definition) is 4. The molecule has 0 saturated carbocycles. The van der Waals surface area contributed by atoms with Crippen molar-refractivity contribution in [1.82, 2.24) is 19.4 Å². The quantitative estimate of drug-likeness (QED) is 0.861. The maximum absolute atomic E-state index is 6.26. The second kappa shape index (κ2) is 4.83. The van der Waals surface area contributed by atoms with Crippen molar-refractivity contribution in [3.63, 3.8) is 0 Å². The fourth-order valence-electron chi connectivity index (χ4n) is 4.49. The molecule has 2 N–H and O–H groups in total. The molecule has 3 aliphatic rings. The summed E-state index contributed by atoms with van der Waals surface area (Å²) in [6, 6.07) is 0.772. The molecule has 2 saturated heterocycles. The van der Waals surface area contributed by atoms with Crippen LogP contribution < -0.4 is 5.73 Å². The molecule has 2 atom stereocenters.